The van der Waals surface area contributed by atoms with Crippen molar-refractivity contribution in [2.75, 3.05) is 0 Å². The molecule has 3 nitrogen and oxygen atoms in total. The lowest BCUT2D eigenvalue weighted by Gasteiger charge is -2.05. The number of aryl methyl sites for hydroxylation is 1. The number of fused-ring (bicyclic) bond motifs is 1. The highest BCUT2D eigenvalue weighted by Gasteiger charge is 2.11. The lowest BCUT2D eigenvalue weighted by molar-refractivity contribution is 0.0952. The number of halogens is 1. The quantitative estimate of drug-likeness (QED) is 0.752. The van der Waals surface area contributed by atoms with E-state index in [0.717, 1.165) is 16.5 Å². The number of carbonyl (C=O) groups is 1. The number of rotatable bonds is 3. The van der Waals surface area contributed by atoms with Crippen LogP contribution in [0, 0.1) is 6.92 Å². The van der Waals surface area contributed by atoms with E-state index < -0.39 is 0 Å². The molecule has 0 atom stereocenters. The first-order valence-corrected chi connectivity index (χ1v) is 7.11. The van der Waals surface area contributed by atoms with E-state index in [1.54, 1.807) is 18.3 Å². The third-order valence-corrected chi connectivity index (χ3v) is 3.70. The van der Waals surface area contributed by atoms with Crippen molar-refractivity contribution in [2.45, 2.75) is 13.5 Å². The van der Waals surface area contributed by atoms with Gasteiger partial charge in [0.15, 0.2) is 0 Å². The molecule has 0 radical (unpaired) electrons. The molecule has 0 aliphatic rings. The Kier molecular flexibility index (Phi) is 3.67. The number of amides is 1. The molecule has 0 saturated carbocycles. The van der Waals surface area contributed by atoms with Gasteiger partial charge in [-0.1, -0.05) is 41.4 Å². The van der Waals surface area contributed by atoms with Crippen molar-refractivity contribution in [3.05, 3.63) is 70.4 Å². The molecule has 1 aromatic heterocycles. The number of carbonyl (C=O) groups excluding carboxylic acids is 1. The van der Waals surface area contributed by atoms with Gasteiger partial charge in [0.05, 0.1) is 5.56 Å². The Balaban J connectivity index is 1.78. The standard InChI is InChI=1S/C17H15ClN2O/c1-11-2-4-12(5-3-11)9-20-17(21)15-10-19-16-7-6-13(18)8-14(15)16/h2-8,10,19H,9H2,1H3,(H,20,21). The van der Waals surface area contributed by atoms with E-state index in [0.29, 0.717) is 17.1 Å². The van der Waals surface area contributed by atoms with Gasteiger partial charge in [0, 0.05) is 28.7 Å². The number of hydrogen-bond donors (Lipinski definition) is 2. The maximum absolute atomic E-state index is 12.3. The SMILES string of the molecule is Cc1ccc(CNC(=O)c2c[nH]c3ccc(Cl)cc23)cc1. The molecule has 3 rings (SSSR count). The minimum atomic E-state index is -0.107. The van der Waals surface area contributed by atoms with E-state index in [9.17, 15) is 4.79 Å². The molecular formula is C17H15ClN2O. The first-order valence-electron chi connectivity index (χ1n) is 6.74. The van der Waals surface area contributed by atoms with Gasteiger partial charge >= 0.3 is 0 Å². The topological polar surface area (TPSA) is 44.9 Å². The van der Waals surface area contributed by atoms with Gasteiger partial charge in [0.25, 0.3) is 5.91 Å². The van der Waals surface area contributed by atoms with E-state index in [-0.39, 0.29) is 5.91 Å². The monoisotopic (exact) mass is 298 g/mol. The summed E-state index contributed by atoms with van der Waals surface area (Å²) >= 11 is 5.99. The van der Waals surface area contributed by atoms with Gasteiger partial charge in [0.1, 0.15) is 0 Å². The van der Waals surface area contributed by atoms with Crippen molar-refractivity contribution in [2.24, 2.45) is 0 Å². The van der Waals surface area contributed by atoms with E-state index in [1.807, 2.05) is 37.3 Å². The first kappa shape index (κ1) is 13.7. The van der Waals surface area contributed by atoms with Gasteiger partial charge < -0.3 is 10.3 Å². The molecule has 1 amide bonds. The second-order valence-corrected chi connectivity index (χ2v) is 5.50. The average molecular weight is 299 g/mol. The number of aromatic amines is 1. The second kappa shape index (κ2) is 5.62. The normalized spacial score (nSPS) is 10.8. The molecule has 0 aliphatic heterocycles. The molecule has 1 heterocycles. The van der Waals surface area contributed by atoms with Crippen LogP contribution in [0.1, 0.15) is 21.5 Å². The molecule has 2 aromatic carbocycles. The Morgan fingerprint density at radius 3 is 2.71 bits per heavy atom. The van der Waals surface area contributed by atoms with Gasteiger partial charge in [-0.05, 0) is 30.7 Å². The highest BCUT2D eigenvalue weighted by atomic mass is 35.5. The van der Waals surface area contributed by atoms with Crippen molar-refractivity contribution in [1.29, 1.82) is 0 Å². The van der Waals surface area contributed by atoms with Gasteiger partial charge in [-0.3, -0.25) is 4.79 Å². The van der Waals surface area contributed by atoms with Gasteiger partial charge in [0.2, 0.25) is 0 Å². The minimum Gasteiger partial charge on any atom is -0.360 e. The van der Waals surface area contributed by atoms with E-state index >= 15 is 0 Å². The van der Waals surface area contributed by atoms with Crippen LogP contribution in [-0.2, 0) is 6.54 Å². The molecule has 0 fully saturated rings. The van der Waals surface area contributed by atoms with Crippen LogP contribution in [0.2, 0.25) is 5.02 Å². The molecule has 0 saturated heterocycles. The zero-order valence-electron chi connectivity index (χ0n) is 11.6. The van der Waals surface area contributed by atoms with E-state index in [2.05, 4.69) is 10.3 Å². The van der Waals surface area contributed by atoms with Crippen LogP contribution in [0.5, 0.6) is 0 Å². The third-order valence-electron chi connectivity index (χ3n) is 3.46. The molecule has 0 unspecified atom stereocenters. The van der Waals surface area contributed by atoms with Crippen molar-refractivity contribution >= 4 is 28.4 Å². The van der Waals surface area contributed by atoms with Crippen LogP contribution in [0.15, 0.2) is 48.7 Å². The number of H-pyrrole nitrogens is 1. The maximum atomic E-state index is 12.3. The molecule has 0 aliphatic carbocycles. The third kappa shape index (κ3) is 2.93. The maximum Gasteiger partial charge on any atom is 0.253 e. The fourth-order valence-corrected chi connectivity index (χ4v) is 2.44. The fourth-order valence-electron chi connectivity index (χ4n) is 2.26. The summed E-state index contributed by atoms with van der Waals surface area (Å²) in [5, 5.41) is 4.39. The molecule has 3 aromatic rings. The molecule has 106 valence electrons. The molecular weight excluding hydrogens is 284 g/mol. The molecule has 0 spiro atoms. The Bertz CT molecular complexity index is 790. The second-order valence-electron chi connectivity index (χ2n) is 5.06. The van der Waals surface area contributed by atoms with Crippen molar-refractivity contribution in [1.82, 2.24) is 10.3 Å². The Hall–Kier alpha value is -2.26. The summed E-state index contributed by atoms with van der Waals surface area (Å²) in [5.74, 6) is -0.107. The summed E-state index contributed by atoms with van der Waals surface area (Å²) < 4.78 is 0. The summed E-state index contributed by atoms with van der Waals surface area (Å²) in [5.41, 5.74) is 3.79. The number of hydrogen-bond acceptors (Lipinski definition) is 1. The Morgan fingerprint density at radius 1 is 1.19 bits per heavy atom. The summed E-state index contributed by atoms with van der Waals surface area (Å²) in [6.07, 6.45) is 1.71. The molecule has 2 N–H and O–H groups in total. The van der Waals surface area contributed by atoms with E-state index in [1.165, 1.54) is 5.56 Å². The van der Waals surface area contributed by atoms with Gasteiger partial charge in [-0.2, -0.15) is 0 Å². The summed E-state index contributed by atoms with van der Waals surface area (Å²) in [7, 11) is 0. The van der Waals surface area contributed by atoms with Crippen LogP contribution in [0.3, 0.4) is 0 Å². The van der Waals surface area contributed by atoms with Gasteiger partial charge in [-0.25, -0.2) is 0 Å². The van der Waals surface area contributed by atoms with Crippen molar-refractivity contribution in [3.63, 3.8) is 0 Å². The zero-order valence-corrected chi connectivity index (χ0v) is 12.4. The molecule has 0 bridgehead atoms. The minimum absolute atomic E-state index is 0.107. The highest BCUT2D eigenvalue weighted by molar-refractivity contribution is 6.31. The fraction of sp³-hybridized carbons (Fsp3) is 0.118. The lowest BCUT2D eigenvalue weighted by atomic mass is 10.1. The van der Waals surface area contributed by atoms with Gasteiger partial charge in [-0.15, -0.1) is 0 Å². The Morgan fingerprint density at radius 2 is 1.95 bits per heavy atom. The molecule has 21 heavy (non-hydrogen) atoms. The van der Waals surface area contributed by atoms with Crippen molar-refractivity contribution < 1.29 is 4.79 Å². The zero-order chi connectivity index (χ0) is 14.8. The van der Waals surface area contributed by atoms with Crippen LogP contribution in [0.4, 0.5) is 0 Å². The van der Waals surface area contributed by atoms with Crippen molar-refractivity contribution in [3.8, 4) is 0 Å². The van der Waals surface area contributed by atoms with Crippen LogP contribution in [-0.4, -0.2) is 10.9 Å². The summed E-state index contributed by atoms with van der Waals surface area (Å²) in [6, 6.07) is 13.6. The van der Waals surface area contributed by atoms with Crippen LogP contribution >= 0.6 is 11.6 Å². The number of benzene rings is 2. The largest absolute Gasteiger partial charge is 0.360 e. The van der Waals surface area contributed by atoms with Crippen LogP contribution in [0.25, 0.3) is 10.9 Å². The lowest BCUT2D eigenvalue weighted by Crippen LogP contribution is -2.22. The summed E-state index contributed by atoms with van der Waals surface area (Å²) in [6.45, 7) is 2.55. The highest BCUT2D eigenvalue weighted by Crippen LogP contribution is 2.22. The summed E-state index contributed by atoms with van der Waals surface area (Å²) in [4.78, 5) is 15.4. The van der Waals surface area contributed by atoms with E-state index in [4.69, 9.17) is 11.6 Å². The Labute approximate surface area is 127 Å². The van der Waals surface area contributed by atoms with Crippen LogP contribution < -0.4 is 5.32 Å². The number of nitrogens with one attached hydrogen (secondary N) is 2. The molecule has 4 heteroatoms. The predicted molar refractivity (Wildman–Crippen MR) is 85.7 cm³/mol. The average Bonchev–Trinajstić information content (AvgIpc) is 2.89. The first-order chi connectivity index (χ1) is 10.1. The predicted octanol–water partition coefficient (Wildman–Crippen LogP) is 4.06. The smallest absolute Gasteiger partial charge is 0.253 e. The number of aromatic nitrogens is 1.